The molecule has 0 saturated heterocycles. The molecule has 0 radical (unpaired) electrons. The van der Waals surface area contributed by atoms with Gasteiger partial charge in [0.15, 0.2) is 5.82 Å². The third-order valence-electron chi connectivity index (χ3n) is 4.06. The van der Waals surface area contributed by atoms with E-state index < -0.39 is 0 Å². The quantitative estimate of drug-likeness (QED) is 0.581. The van der Waals surface area contributed by atoms with E-state index in [0.29, 0.717) is 13.1 Å². The first-order chi connectivity index (χ1) is 12.8. The predicted molar refractivity (Wildman–Crippen MR) is 98.3 cm³/mol. The lowest BCUT2D eigenvalue weighted by atomic mass is 10.1. The number of aromatic nitrogens is 6. The Hall–Kier alpha value is -3.32. The minimum atomic E-state index is 0.685. The van der Waals surface area contributed by atoms with Crippen molar-refractivity contribution in [1.29, 1.82) is 0 Å². The largest absolute Gasteiger partial charge is 0.308 e. The van der Waals surface area contributed by atoms with Gasteiger partial charge in [0.1, 0.15) is 0 Å². The van der Waals surface area contributed by atoms with Crippen LogP contribution in [0.4, 0.5) is 0 Å². The number of hydrogen-bond acceptors (Lipinski definition) is 5. The molecule has 26 heavy (non-hydrogen) atoms. The summed E-state index contributed by atoms with van der Waals surface area (Å²) in [5.41, 5.74) is 4.18. The first-order valence-electron chi connectivity index (χ1n) is 8.39. The molecule has 0 unspecified atom stereocenters. The summed E-state index contributed by atoms with van der Waals surface area (Å²) < 4.78 is 3.61. The van der Waals surface area contributed by atoms with E-state index in [1.54, 1.807) is 23.3 Å². The van der Waals surface area contributed by atoms with Gasteiger partial charge >= 0.3 is 0 Å². The molecule has 0 saturated carbocycles. The minimum absolute atomic E-state index is 0.685. The zero-order valence-electron chi connectivity index (χ0n) is 14.4. The lowest BCUT2D eigenvalue weighted by Crippen LogP contribution is -2.15. The molecule has 4 heterocycles. The van der Waals surface area contributed by atoms with Crippen LogP contribution in [0.15, 0.2) is 67.5 Å². The van der Waals surface area contributed by atoms with E-state index >= 15 is 0 Å². The van der Waals surface area contributed by atoms with Crippen LogP contribution in [0.25, 0.3) is 17.1 Å². The maximum Gasteiger partial charge on any atom is 0.157 e. The van der Waals surface area contributed by atoms with Crippen LogP contribution in [0, 0.1) is 0 Å². The van der Waals surface area contributed by atoms with Crippen molar-refractivity contribution < 1.29 is 0 Å². The Balaban J connectivity index is 1.50. The summed E-state index contributed by atoms with van der Waals surface area (Å²) >= 11 is 0. The van der Waals surface area contributed by atoms with Gasteiger partial charge in [0.2, 0.25) is 0 Å². The van der Waals surface area contributed by atoms with E-state index in [1.807, 2.05) is 54.6 Å². The Morgan fingerprint density at radius 1 is 1.00 bits per heavy atom. The molecule has 130 valence electrons. The summed E-state index contributed by atoms with van der Waals surface area (Å²) in [4.78, 5) is 8.64. The summed E-state index contributed by atoms with van der Waals surface area (Å²) in [6, 6.07) is 9.84. The van der Waals surface area contributed by atoms with Gasteiger partial charge < -0.3 is 5.32 Å². The number of nitrogens with zero attached hydrogens (tertiary/aromatic N) is 6. The van der Waals surface area contributed by atoms with Crippen molar-refractivity contribution in [1.82, 2.24) is 34.8 Å². The third kappa shape index (κ3) is 3.38. The molecule has 4 rings (SSSR count). The second-order valence-corrected chi connectivity index (χ2v) is 5.96. The topological polar surface area (TPSA) is 73.5 Å². The highest BCUT2D eigenvalue weighted by Gasteiger charge is 2.11. The van der Waals surface area contributed by atoms with Crippen molar-refractivity contribution in [3.05, 3.63) is 78.6 Å². The fourth-order valence-electron chi connectivity index (χ4n) is 2.91. The number of rotatable bonds is 6. The van der Waals surface area contributed by atoms with Crippen LogP contribution >= 0.6 is 0 Å². The number of hydrogen-bond donors (Lipinski definition) is 1. The Morgan fingerprint density at radius 3 is 2.69 bits per heavy atom. The lowest BCUT2D eigenvalue weighted by molar-refractivity contribution is 0.680. The molecule has 0 fully saturated rings. The molecule has 0 aliphatic carbocycles. The highest BCUT2D eigenvalue weighted by atomic mass is 15.3. The molecule has 0 spiro atoms. The summed E-state index contributed by atoms with van der Waals surface area (Å²) in [6.45, 7) is 1.38. The van der Waals surface area contributed by atoms with Gasteiger partial charge in [0.05, 0.1) is 5.69 Å². The van der Waals surface area contributed by atoms with E-state index in [1.165, 1.54) is 0 Å². The second-order valence-electron chi connectivity index (χ2n) is 5.96. The van der Waals surface area contributed by atoms with Gasteiger partial charge in [-0.25, -0.2) is 9.67 Å². The Morgan fingerprint density at radius 2 is 1.88 bits per heavy atom. The van der Waals surface area contributed by atoms with Gasteiger partial charge in [-0.05, 0) is 24.3 Å². The van der Waals surface area contributed by atoms with Gasteiger partial charge in [0, 0.05) is 74.0 Å². The monoisotopic (exact) mass is 345 g/mol. The van der Waals surface area contributed by atoms with Crippen LogP contribution in [-0.4, -0.2) is 29.5 Å². The normalized spacial score (nSPS) is 11.0. The number of aryl methyl sites for hydroxylation is 1. The van der Waals surface area contributed by atoms with Gasteiger partial charge in [-0.1, -0.05) is 6.07 Å². The minimum Gasteiger partial charge on any atom is -0.308 e. The standard InChI is InChI=1S/C19H19N7/c1-25-14-17(18(24-25)15-5-2-7-20-11-15)13-21-12-16-6-3-8-22-19(16)26-10-4-9-23-26/h2-11,14,21H,12-13H2,1H3. The average molecular weight is 345 g/mol. The van der Waals surface area contributed by atoms with E-state index in [4.69, 9.17) is 0 Å². The van der Waals surface area contributed by atoms with Crippen molar-refractivity contribution in [2.45, 2.75) is 13.1 Å². The van der Waals surface area contributed by atoms with Crippen molar-refractivity contribution in [2.24, 2.45) is 7.05 Å². The molecule has 4 aromatic heterocycles. The van der Waals surface area contributed by atoms with Crippen LogP contribution < -0.4 is 5.32 Å². The maximum absolute atomic E-state index is 4.57. The van der Waals surface area contributed by atoms with Crippen LogP contribution in [0.5, 0.6) is 0 Å². The van der Waals surface area contributed by atoms with Crippen molar-refractivity contribution in [3.63, 3.8) is 0 Å². The van der Waals surface area contributed by atoms with E-state index in [-0.39, 0.29) is 0 Å². The molecular formula is C19H19N7. The summed E-state index contributed by atoms with van der Waals surface area (Å²) in [5.74, 6) is 0.837. The highest BCUT2D eigenvalue weighted by Crippen LogP contribution is 2.21. The summed E-state index contributed by atoms with van der Waals surface area (Å²) in [5, 5.41) is 12.3. The van der Waals surface area contributed by atoms with E-state index in [2.05, 4.69) is 31.5 Å². The van der Waals surface area contributed by atoms with Gasteiger partial charge in [-0.3, -0.25) is 9.67 Å². The Kier molecular flexibility index (Phi) is 4.53. The molecule has 0 amide bonds. The van der Waals surface area contributed by atoms with Crippen LogP contribution in [0.3, 0.4) is 0 Å². The molecule has 0 aromatic carbocycles. The molecule has 0 aliphatic rings. The molecule has 4 aromatic rings. The molecule has 0 atom stereocenters. The van der Waals surface area contributed by atoms with Gasteiger partial charge in [-0.2, -0.15) is 10.2 Å². The third-order valence-corrected chi connectivity index (χ3v) is 4.06. The molecule has 0 aliphatic heterocycles. The first-order valence-corrected chi connectivity index (χ1v) is 8.39. The molecule has 0 bridgehead atoms. The summed E-state index contributed by atoms with van der Waals surface area (Å²) in [6.07, 6.45) is 11.1. The van der Waals surface area contributed by atoms with Crippen molar-refractivity contribution in [3.8, 4) is 17.1 Å². The SMILES string of the molecule is Cn1cc(CNCc2cccnc2-n2cccn2)c(-c2cccnc2)n1. The molecule has 7 nitrogen and oxygen atoms in total. The number of pyridine rings is 2. The predicted octanol–water partition coefficient (Wildman–Crippen LogP) is 2.35. The fourth-order valence-corrected chi connectivity index (χ4v) is 2.91. The van der Waals surface area contributed by atoms with Gasteiger partial charge in [-0.15, -0.1) is 0 Å². The van der Waals surface area contributed by atoms with Crippen molar-refractivity contribution >= 4 is 0 Å². The molecule has 1 N–H and O–H groups in total. The zero-order chi connectivity index (χ0) is 17.8. The van der Waals surface area contributed by atoms with Crippen LogP contribution in [0.2, 0.25) is 0 Å². The second kappa shape index (κ2) is 7.28. The Labute approximate surface area is 151 Å². The smallest absolute Gasteiger partial charge is 0.157 e. The maximum atomic E-state index is 4.57. The average Bonchev–Trinajstić information content (AvgIpc) is 3.33. The highest BCUT2D eigenvalue weighted by molar-refractivity contribution is 5.61. The number of nitrogens with one attached hydrogen (secondary N) is 1. The van der Waals surface area contributed by atoms with E-state index in [9.17, 15) is 0 Å². The van der Waals surface area contributed by atoms with E-state index in [0.717, 1.165) is 28.2 Å². The fraction of sp³-hybridized carbons (Fsp3) is 0.158. The van der Waals surface area contributed by atoms with Crippen LogP contribution in [0.1, 0.15) is 11.1 Å². The molecule has 7 heteroatoms. The Bertz CT molecular complexity index is 974. The zero-order valence-corrected chi connectivity index (χ0v) is 14.4. The van der Waals surface area contributed by atoms with Gasteiger partial charge in [0.25, 0.3) is 0 Å². The van der Waals surface area contributed by atoms with Crippen molar-refractivity contribution in [2.75, 3.05) is 0 Å². The first kappa shape index (κ1) is 16.2. The van der Waals surface area contributed by atoms with Crippen LogP contribution in [-0.2, 0) is 20.1 Å². The molecular weight excluding hydrogens is 326 g/mol. The summed E-state index contributed by atoms with van der Waals surface area (Å²) in [7, 11) is 1.93. The lowest BCUT2D eigenvalue weighted by Gasteiger charge is -2.09.